The molecule has 0 saturated carbocycles. The average Bonchev–Trinajstić information content (AvgIpc) is 2.83. The summed E-state index contributed by atoms with van der Waals surface area (Å²) in [4.78, 5) is 14.1. The number of hydrogen-bond donors (Lipinski definition) is 2. The Labute approximate surface area is 109 Å². The van der Waals surface area contributed by atoms with Gasteiger partial charge in [-0.25, -0.2) is 0 Å². The fourth-order valence-corrected chi connectivity index (χ4v) is 1.93. The minimum Gasteiger partial charge on any atom is -0.457 e. The summed E-state index contributed by atoms with van der Waals surface area (Å²) < 4.78 is 5.73. The molecule has 19 heavy (non-hydrogen) atoms. The van der Waals surface area contributed by atoms with Crippen LogP contribution in [0.25, 0.3) is 10.9 Å². The van der Waals surface area contributed by atoms with Crippen LogP contribution < -0.4 is 10.5 Å². The van der Waals surface area contributed by atoms with Gasteiger partial charge in [-0.05, 0) is 36.4 Å². The maximum atomic E-state index is 11.1. The van der Waals surface area contributed by atoms with Gasteiger partial charge in [-0.2, -0.15) is 0 Å². The third-order valence-electron chi connectivity index (χ3n) is 2.84. The molecule has 1 amide bonds. The number of aromatic amines is 1. The zero-order valence-corrected chi connectivity index (χ0v) is 10.1. The van der Waals surface area contributed by atoms with Gasteiger partial charge in [0.15, 0.2) is 0 Å². The summed E-state index contributed by atoms with van der Waals surface area (Å²) in [6.07, 6.45) is 0. The number of carbonyl (C=O) groups is 1. The molecule has 0 aliphatic heterocycles. The number of rotatable bonds is 3. The van der Waals surface area contributed by atoms with E-state index in [2.05, 4.69) is 4.98 Å². The van der Waals surface area contributed by atoms with Crippen LogP contribution in [0.1, 0.15) is 10.5 Å². The lowest BCUT2D eigenvalue weighted by atomic mass is 10.2. The molecule has 0 unspecified atom stereocenters. The number of amides is 1. The molecular formula is C15H12N2O2. The van der Waals surface area contributed by atoms with Gasteiger partial charge in [0, 0.05) is 10.9 Å². The average molecular weight is 252 g/mol. The monoisotopic (exact) mass is 252 g/mol. The highest BCUT2D eigenvalue weighted by atomic mass is 16.5. The van der Waals surface area contributed by atoms with Gasteiger partial charge in [0.25, 0.3) is 5.91 Å². The van der Waals surface area contributed by atoms with Crippen molar-refractivity contribution in [2.24, 2.45) is 5.73 Å². The Balaban J connectivity index is 1.95. The Hall–Kier alpha value is -2.75. The molecular weight excluding hydrogens is 240 g/mol. The number of carbonyl (C=O) groups excluding carboxylic acids is 1. The van der Waals surface area contributed by atoms with Gasteiger partial charge in [-0.15, -0.1) is 0 Å². The summed E-state index contributed by atoms with van der Waals surface area (Å²) >= 11 is 0. The van der Waals surface area contributed by atoms with Crippen molar-refractivity contribution >= 4 is 16.8 Å². The third kappa shape index (κ3) is 2.28. The lowest BCUT2D eigenvalue weighted by Gasteiger charge is -2.04. The quantitative estimate of drug-likeness (QED) is 0.752. The molecule has 0 atom stereocenters. The Morgan fingerprint density at radius 2 is 1.79 bits per heavy atom. The highest BCUT2D eigenvalue weighted by molar-refractivity contribution is 5.97. The Morgan fingerprint density at radius 3 is 2.53 bits per heavy atom. The van der Waals surface area contributed by atoms with Crippen molar-refractivity contribution in [2.75, 3.05) is 0 Å². The van der Waals surface area contributed by atoms with Crippen molar-refractivity contribution in [3.8, 4) is 11.5 Å². The van der Waals surface area contributed by atoms with E-state index in [1.807, 2.05) is 48.5 Å². The van der Waals surface area contributed by atoms with Gasteiger partial charge in [0.2, 0.25) is 0 Å². The maximum absolute atomic E-state index is 11.1. The Bertz CT molecular complexity index is 732. The first-order valence-corrected chi connectivity index (χ1v) is 5.88. The summed E-state index contributed by atoms with van der Waals surface area (Å²) in [5.74, 6) is 1.02. The molecule has 4 nitrogen and oxygen atoms in total. The number of primary amides is 1. The zero-order valence-electron chi connectivity index (χ0n) is 10.1. The van der Waals surface area contributed by atoms with Crippen molar-refractivity contribution in [3.05, 3.63) is 60.3 Å². The molecule has 4 heteroatoms. The van der Waals surface area contributed by atoms with E-state index >= 15 is 0 Å². The van der Waals surface area contributed by atoms with Crippen LogP contribution in [0.4, 0.5) is 0 Å². The third-order valence-corrected chi connectivity index (χ3v) is 2.84. The largest absolute Gasteiger partial charge is 0.457 e. The van der Waals surface area contributed by atoms with Gasteiger partial charge < -0.3 is 15.5 Å². The van der Waals surface area contributed by atoms with Crippen molar-refractivity contribution in [3.63, 3.8) is 0 Å². The van der Waals surface area contributed by atoms with E-state index in [-0.39, 0.29) is 0 Å². The second-order valence-electron chi connectivity index (χ2n) is 4.21. The van der Waals surface area contributed by atoms with Crippen LogP contribution in [-0.2, 0) is 0 Å². The van der Waals surface area contributed by atoms with Crippen LogP contribution in [0.5, 0.6) is 11.5 Å². The predicted molar refractivity (Wildman–Crippen MR) is 73.3 cm³/mol. The first-order valence-electron chi connectivity index (χ1n) is 5.88. The number of nitrogens with one attached hydrogen (secondary N) is 1. The standard InChI is InChI=1S/C15H12N2O2/c16-15(18)14-9-10-8-12(6-7-13(10)17-14)19-11-4-2-1-3-5-11/h1-9,17H,(H2,16,18). The van der Waals surface area contributed by atoms with E-state index < -0.39 is 5.91 Å². The molecule has 0 bridgehead atoms. The minimum absolute atomic E-state index is 0.395. The molecule has 94 valence electrons. The fraction of sp³-hybridized carbons (Fsp3) is 0. The smallest absolute Gasteiger partial charge is 0.265 e. The zero-order chi connectivity index (χ0) is 13.2. The molecule has 0 fully saturated rings. The van der Waals surface area contributed by atoms with Crippen LogP contribution in [0, 0.1) is 0 Å². The van der Waals surface area contributed by atoms with E-state index in [9.17, 15) is 4.79 Å². The lowest BCUT2D eigenvalue weighted by Crippen LogP contribution is -2.10. The van der Waals surface area contributed by atoms with Gasteiger partial charge in [-0.3, -0.25) is 4.79 Å². The molecule has 0 spiro atoms. The molecule has 3 aromatic rings. The molecule has 0 aliphatic carbocycles. The summed E-state index contributed by atoms with van der Waals surface area (Å²) in [5, 5.41) is 0.891. The summed E-state index contributed by atoms with van der Waals surface area (Å²) in [6, 6.07) is 16.8. The van der Waals surface area contributed by atoms with Crippen molar-refractivity contribution < 1.29 is 9.53 Å². The Kier molecular flexibility index (Phi) is 2.68. The second kappa shape index (κ2) is 4.49. The molecule has 0 aliphatic rings. The molecule has 0 saturated heterocycles. The lowest BCUT2D eigenvalue weighted by molar-refractivity contribution is 0.0996. The van der Waals surface area contributed by atoms with E-state index in [0.29, 0.717) is 11.4 Å². The molecule has 1 heterocycles. The van der Waals surface area contributed by atoms with E-state index in [1.54, 1.807) is 6.07 Å². The normalized spacial score (nSPS) is 10.5. The number of aromatic nitrogens is 1. The number of hydrogen-bond acceptors (Lipinski definition) is 2. The first kappa shape index (κ1) is 11.3. The maximum Gasteiger partial charge on any atom is 0.265 e. The molecule has 2 aromatic carbocycles. The van der Waals surface area contributed by atoms with Crippen molar-refractivity contribution in [1.82, 2.24) is 4.98 Å². The number of benzene rings is 2. The first-order chi connectivity index (χ1) is 9.22. The van der Waals surface area contributed by atoms with Gasteiger partial charge >= 0.3 is 0 Å². The van der Waals surface area contributed by atoms with Crippen LogP contribution >= 0.6 is 0 Å². The molecule has 3 rings (SSSR count). The summed E-state index contributed by atoms with van der Waals surface area (Å²) in [6.45, 7) is 0. The van der Waals surface area contributed by atoms with Gasteiger partial charge in [0.1, 0.15) is 17.2 Å². The Morgan fingerprint density at radius 1 is 1.00 bits per heavy atom. The summed E-state index contributed by atoms with van der Waals surface area (Å²) in [7, 11) is 0. The van der Waals surface area contributed by atoms with E-state index in [4.69, 9.17) is 10.5 Å². The van der Waals surface area contributed by atoms with Gasteiger partial charge in [-0.1, -0.05) is 18.2 Å². The van der Waals surface area contributed by atoms with Crippen LogP contribution in [0.3, 0.4) is 0 Å². The van der Waals surface area contributed by atoms with Gasteiger partial charge in [0.05, 0.1) is 0 Å². The topological polar surface area (TPSA) is 68.1 Å². The number of ether oxygens (including phenoxy) is 1. The van der Waals surface area contributed by atoms with E-state index in [0.717, 1.165) is 16.7 Å². The number of H-pyrrole nitrogens is 1. The highest BCUT2D eigenvalue weighted by Gasteiger charge is 2.06. The number of fused-ring (bicyclic) bond motifs is 1. The van der Waals surface area contributed by atoms with Crippen molar-refractivity contribution in [2.45, 2.75) is 0 Å². The predicted octanol–water partition coefficient (Wildman–Crippen LogP) is 3.06. The van der Waals surface area contributed by atoms with Crippen molar-refractivity contribution in [1.29, 1.82) is 0 Å². The van der Waals surface area contributed by atoms with Crippen LogP contribution in [0.2, 0.25) is 0 Å². The van der Waals surface area contributed by atoms with Crippen LogP contribution in [-0.4, -0.2) is 10.9 Å². The minimum atomic E-state index is -0.471. The summed E-state index contributed by atoms with van der Waals surface area (Å²) in [5.41, 5.74) is 6.49. The second-order valence-corrected chi connectivity index (χ2v) is 4.21. The SMILES string of the molecule is NC(=O)c1cc2cc(Oc3ccccc3)ccc2[nH]1. The van der Waals surface area contributed by atoms with Crippen LogP contribution in [0.15, 0.2) is 54.6 Å². The fourth-order valence-electron chi connectivity index (χ4n) is 1.93. The highest BCUT2D eigenvalue weighted by Crippen LogP contribution is 2.25. The molecule has 3 N–H and O–H groups in total. The van der Waals surface area contributed by atoms with E-state index in [1.165, 1.54) is 0 Å². The molecule has 1 aromatic heterocycles. The molecule has 0 radical (unpaired) electrons. The number of para-hydroxylation sites is 1. The number of nitrogens with two attached hydrogens (primary N) is 1.